The fourth-order valence-electron chi connectivity index (χ4n) is 1.90. The maximum Gasteiger partial charge on any atom is 0.161 e. The third-order valence-electron chi connectivity index (χ3n) is 2.81. The molecule has 0 aromatic heterocycles. The predicted molar refractivity (Wildman–Crippen MR) is 64.7 cm³/mol. The van der Waals surface area contributed by atoms with E-state index in [1.165, 1.54) is 11.1 Å². The normalized spacial score (nSPS) is 15.9. The fourth-order valence-corrected chi connectivity index (χ4v) is 2.22. The van der Waals surface area contributed by atoms with E-state index in [0.29, 0.717) is 19.1 Å². The number of aryl methyl sites for hydroxylation is 1. The maximum atomic E-state index is 5.92. The lowest BCUT2D eigenvalue weighted by atomic mass is 10.0. The lowest BCUT2D eigenvalue weighted by molar-refractivity contribution is 0.171. The summed E-state index contributed by atoms with van der Waals surface area (Å²) < 4.78 is 11.1. The maximum absolute atomic E-state index is 5.92. The predicted octanol–water partition coefficient (Wildman–Crippen LogP) is 2.27. The molecule has 0 fully saturated rings. The zero-order valence-corrected chi connectivity index (χ0v) is 10.3. The highest BCUT2D eigenvalue weighted by atomic mass is 35.5. The van der Waals surface area contributed by atoms with E-state index in [4.69, 9.17) is 21.1 Å². The first kappa shape index (κ1) is 11.6. The van der Waals surface area contributed by atoms with Gasteiger partial charge in [0.25, 0.3) is 0 Å². The second-order valence-corrected chi connectivity index (χ2v) is 4.16. The van der Waals surface area contributed by atoms with Crippen molar-refractivity contribution in [2.24, 2.45) is 0 Å². The zero-order chi connectivity index (χ0) is 11.5. The molecule has 4 heteroatoms. The van der Waals surface area contributed by atoms with E-state index in [1.54, 1.807) is 0 Å². The van der Waals surface area contributed by atoms with Crippen molar-refractivity contribution in [3.8, 4) is 11.5 Å². The van der Waals surface area contributed by atoms with Gasteiger partial charge in [-0.2, -0.15) is 0 Å². The van der Waals surface area contributed by atoms with E-state index in [9.17, 15) is 0 Å². The summed E-state index contributed by atoms with van der Waals surface area (Å²) in [5.74, 6) is 2.19. The van der Waals surface area contributed by atoms with Crippen molar-refractivity contribution in [1.82, 2.24) is 5.32 Å². The van der Waals surface area contributed by atoms with Crippen LogP contribution in [0.4, 0.5) is 0 Å². The van der Waals surface area contributed by atoms with Gasteiger partial charge in [0.2, 0.25) is 0 Å². The Balaban J connectivity index is 2.38. The summed E-state index contributed by atoms with van der Waals surface area (Å²) in [5, 5.41) is 3.19. The topological polar surface area (TPSA) is 30.5 Å². The number of halogens is 1. The Bertz CT molecular complexity index is 378. The summed E-state index contributed by atoms with van der Waals surface area (Å²) in [6.45, 7) is 3.29. The van der Waals surface area contributed by atoms with E-state index in [1.807, 2.05) is 19.2 Å². The minimum atomic E-state index is 0.150. The highest BCUT2D eigenvalue weighted by molar-refractivity contribution is 6.18. The fraction of sp³-hybridized carbons (Fsp3) is 0.500. The Kier molecular flexibility index (Phi) is 3.56. The number of hydrogen-bond donors (Lipinski definition) is 1. The number of benzene rings is 1. The Morgan fingerprint density at radius 3 is 2.50 bits per heavy atom. The second-order valence-electron chi connectivity index (χ2n) is 3.85. The SMILES string of the molecule is CNC(CCl)c1cc2c(cc1C)OCCO2. The van der Waals surface area contributed by atoms with E-state index >= 15 is 0 Å². The molecule has 2 rings (SSSR count). The molecule has 1 N–H and O–H groups in total. The number of rotatable bonds is 3. The molecule has 88 valence electrons. The van der Waals surface area contributed by atoms with Crippen LogP contribution < -0.4 is 14.8 Å². The number of ether oxygens (including phenoxy) is 2. The van der Waals surface area contributed by atoms with Gasteiger partial charge in [0.15, 0.2) is 11.5 Å². The van der Waals surface area contributed by atoms with Crippen molar-refractivity contribution in [2.75, 3.05) is 26.1 Å². The molecule has 1 aromatic carbocycles. The van der Waals surface area contributed by atoms with Gasteiger partial charge in [-0.05, 0) is 37.2 Å². The molecule has 1 aromatic rings. The summed E-state index contributed by atoms with van der Waals surface area (Å²) in [7, 11) is 1.91. The van der Waals surface area contributed by atoms with E-state index in [0.717, 1.165) is 11.5 Å². The quantitative estimate of drug-likeness (QED) is 0.824. The van der Waals surface area contributed by atoms with Gasteiger partial charge in [-0.15, -0.1) is 11.6 Å². The number of fused-ring (bicyclic) bond motifs is 1. The third-order valence-corrected chi connectivity index (χ3v) is 3.12. The van der Waals surface area contributed by atoms with E-state index < -0.39 is 0 Å². The molecule has 16 heavy (non-hydrogen) atoms. The monoisotopic (exact) mass is 241 g/mol. The van der Waals surface area contributed by atoms with Gasteiger partial charge in [0, 0.05) is 11.9 Å². The van der Waals surface area contributed by atoms with Gasteiger partial charge < -0.3 is 14.8 Å². The van der Waals surface area contributed by atoms with Crippen LogP contribution in [0.15, 0.2) is 12.1 Å². The number of nitrogens with one attached hydrogen (secondary N) is 1. The zero-order valence-electron chi connectivity index (χ0n) is 9.55. The van der Waals surface area contributed by atoms with Crippen LogP contribution in [0.3, 0.4) is 0 Å². The first-order valence-corrected chi connectivity index (χ1v) is 5.93. The molecule has 1 unspecified atom stereocenters. The lowest BCUT2D eigenvalue weighted by Gasteiger charge is -2.23. The number of hydrogen-bond acceptors (Lipinski definition) is 3. The Morgan fingerprint density at radius 1 is 1.31 bits per heavy atom. The van der Waals surface area contributed by atoms with Crippen molar-refractivity contribution in [2.45, 2.75) is 13.0 Å². The third kappa shape index (κ3) is 2.11. The van der Waals surface area contributed by atoms with Crippen molar-refractivity contribution in [1.29, 1.82) is 0 Å². The van der Waals surface area contributed by atoms with Crippen LogP contribution in [0.2, 0.25) is 0 Å². The molecule has 3 nitrogen and oxygen atoms in total. The molecule has 0 amide bonds. The van der Waals surface area contributed by atoms with Gasteiger partial charge in [-0.3, -0.25) is 0 Å². The second kappa shape index (κ2) is 4.93. The molecular formula is C12H16ClNO2. The van der Waals surface area contributed by atoms with Crippen LogP contribution in [0, 0.1) is 6.92 Å². The van der Waals surface area contributed by atoms with Crippen molar-refractivity contribution in [3.05, 3.63) is 23.3 Å². The van der Waals surface area contributed by atoms with Crippen molar-refractivity contribution < 1.29 is 9.47 Å². The summed E-state index contributed by atoms with van der Waals surface area (Å²) in [6.07, 6.45) is 0. The molecule has 0 aliphatic carbocycles. The standard InChI is InChI=1S/C12H16ClNO2/c1-8-5-11-12(16-4-3-15-11)6-9(8)10(7-13)14-2/h5-6,10,14H,3-4,7H2,1-2H3. The Hall–Kier alpha value is -0.930. The van der Waals surface area contributed by atoms with E-state index in [2.05, 4.69) is 12.2 Å². The van der Waals surface area contributed by atoms with Gasteiger partial charge in [-0.25, -0.2) is 0 Å². The summed E-state index contributed by atoms with van der Waals surface area (Å²) in [6, 6.07) is 4.19. The minimum absolute atomic E-state index is 0.150. The van der Waals surface area contributed by atoms with Gasteiger partial charge in [-0.1, -0.05) is 0 Å². The molecule has 0 radical (unpaired) electrons. The molecule has 1 heterocycles. The summed E-state index contributed by atoms with van der Waals surface area (Å²) in [5.41, 5.74) is 2.34. The van der Waals surface area contributed by atoms with Crippen molar-refractivity contribution in [3.63, 3.8) is 0 Å². The summed E-state index contributed by atoms with van der Waals surface area (Å²) >= 11 is 5.92. The lowest BCUT2D eigenvalue weighted by Crippen LogP contribution is -2.20. The molecule has 1 aliphatic rings. The van der Waals surface area contributed by atoms with Crippen LogP contribution in [0.1, 0.15) is 17.2 Å². The molecule has 1 atom stereocenters. The largest absolute Gasteiger partial charge is 0.486 e. The molecule has 1 aliphatic heterocycles. The van der Waals surface area contributed by atoms with E-state index in [-0.39, 0.29) is 6.04 Å². The van der Waals surface area contributed by atoms with Crippen molar-refractivity contribution >= 4 is 11.6 Å². The minimum Gasteiger partial charge on any atom is -0.486 e. The Labute approximate surface area is 101 Å². The van der Waals surface area contributed by atoms with Gasteiger partial charge in [0.05, 0.1) is 0 Å². The van der Waals surface area contributed by atoms with Crippen LogP contribution in [0.25, 0.3) is 0 Å². The highest BCUT2D eigenvalue weighted by Crippen LogP contribution is 2.35. The van der Waals surface area contributed by atoms with Crippen LogP contribution in [0.5, 0.6) is 11.5 Å². The Morgan fingerprint density at radius 2 is 1.94 bits per heavy atom. The average molecular weight is 242 g/mol. The molecule has 0 bridgehead atoms. The first-order valence-electron chi connectivity index (χ1n) is 5.39. The number of alkyl halides is 1. The first-order chi connectivity index (χ1) is 7.76. The smallest absolute Gasteiger partial charge is 0.161 e. The molecule has 0 spiro atoms. The van der Waals surface area contributed by atoms with Crippen LogP contribution in [-0.4, -0.2) is 26.1 Å². The molecular weight excluding hydrogens is 226 g/mol. The average Bonchev–Trinajstić information content (AvgIpc) is 2.31. The van der Waals surface area contributed by atoms with Crippen LogP contribution in [-0.2, 0) is 0 Å². The van der Waals surface area contributed by atoms with Gasteiger partial charge >= 0.3 is 0 Å². The highest BCUT2D eigenvalue weighted by Gasteiger charge is 2.18. The summed E-state index contributed by atoms with van der Waals surface area (Å²) in [4.78, 5) is 0. The molecule has 0 saturated carbocycles. The van der Waals surface area contributed by atoms with Gasteiger partial charge in [0.1, 0.15) is 13.2 Å². The van der Waals surface area contributed by atoms with Crippen LogP contribution >= 0.6 is 11.6 Å². The molecule has 0 saturated heterocycles.